The lowest BCUT2D eigenvalue weighted by Gasteiger charge is -2.12. The molecule has 1 aromatic heterocycles. The number of hydrogen-bond donors (Lipinski definition) is 2. The van der Waals surface area contributed by atoms with Gasteiger partial charge >= 0.3 is 5.97 Å². The predicted octanol–water partition coefficient (Wildman–Crippen LogP) is 1.57. The number of carbonyl (C=O) groups excluding carboxylic acids is 1. The molecule has 4 nitrogen and oxygen atoms in total. The molecule has 0 aliphatic carbocycles. The van der Waals surface area contributed by atoms with E-state index in [1.165, 1.54) is 23.6 Å². The molecule has 0 spiro atoms. The van der Waals surface area contributed by atoms with Crippen molar-refractivity contribution in [2.75, 3.05) is 5.75 Å². The highest BCUT2D eigenvalue weighted by atomic mass is 32.2. The first-order valence-electron chi connectivity index (χ1n) is 4.69. The average molecular weight is 259 g/mol. The number of thiophene rings is 1. The summed E-state index contributed by atoms with van der Waals surface area (Å²) in [5.74, 6) is -0.147. The Kier molecular flexibility index (Phi) is 5.34. The van der Waals surface area contributed by atoms with Gasteiger partial charge in [0.1, 0.15) is 6.04 Å². The topological polar surface area (TPSA) is 66.4 Å². The Bertz CT molecular complexity index is 351. The molecule has 0 fully saturated rings. The fourth-order valence-corrected chi connectivity index (χ4v) is 2.98. The van der Waals surface area contributed by atoms with Crippen molar-refractivity contribution in [1.82, 2.24) is 5.32 Å². The quantitative estimate of drug-likeness (QED) is 0.814. The summed E-state index contributed by atoms with van der Waals surface area (Å²) in [5, 5.41) is 13.2. The lowest BCUT2D eigenvalue weighted by atomic mass is 10.3. The van der Waals surface area contributed by atoms with Crippen LogP contribution in [0.3, 0.4) is 0 Å². The smallest absolute Gasteiger partial charge is 0.327 e. The zero-order valence-electron chi connectivity index (χ0n) is 8.80. The molecule has 0 saturated carbocycles. The zero-order chi connectivity index (χ0) is 12.0. The predicted molar refractivity (Wildman–Crippen MR) is 65.7 cm³/mol. The maximum Gasteiger partial charge on any atom is 0.327 e. The zero-order valence-corrected chi connectivity index (χ0v) is 10.4. The Labute approximate surface area is 102 Å². The summed E-state index contributed by atoms with van der Waals surface area (Å²) in [6.45, 7) is 1.32. The number of carbonyl (C=O) groups is 2. The molecule has 0 aliphatic heterocycles. The number of carboxylic acids is 1. The summed E-state index contributed by atoms with van der Waals surface area (Å²) < 4.78 is 0. The van der Waals surface area contributed by atoms with Crippen LogP contribution in [0.4, 0.5) is 0 Å². The first-order valence-corrected chi connectivity index (χ1v) is 6.73. The van der Waals surface area contributed by atoms with Gasteiger partial charge < -0.3 is 10.4 Å². The van der Waals surface area contributed by atoms with Gasteiger partial charge in [0.15, 0.2) is 0 Å². The summed E-state index contributed by atoms with van der Waals surface area (Å²) in [4.78, 5) is 22.8. The van der Waals surface area contributed by atoms with Crippen LogP contribution in [-0.2, 0) is 15.3 Å². The third-order valence-electron chi connectivity index (χ3n) is 1.78. The highest BCUT2D eigenvalue weighted by Gasteiger charge is 2.17. The van der Waals surface area contributed by atoms with E-state index in [2.05, 4.69) is 5.32 Å². The number of thioether (sulfide) groups is 1. The van der Waals surface area contributed by atoms with E-state index in [0.29, 0.717) is 5.75 Å². The molecule has 1 rings (SSSR count). The Morgan fingerprint density at radius 3 is 2.88 bits per heavy atom. The van der Waals surface area contributed by atoms with Crippen molar-refractivity contribution in [2.24, 2.45) is 0 Å². The Hall–Kier alpha value is -1.01. The van der Waals surface area contributed by atoms with E-state index in [-0.39, 0.29) is 5.91 Å². The number of nitrogens with one attached hydrogen (secondary N) is 1. The van der Waals surface area contributed by atoms with E-state index in [0.717, 1.165) is 5.75 Å². The highest BCUT2D eigenvalue weighted by Crippen LogP contribution is 2.17. The van der Waals surface area contributed by atoms with Gasteiger partial charge in [-0.25, -0.2) is 4.79 Å². The molecule has 1 heterocycles. The molecule has 0 aromatic carbocycles. The third-order valence-corrected chi connectivity index (χ3v) is 3.93. The van der Waals surface area contributed by atoms with Crippen molar-refractivity contribution >= 4 is 35.0 Å². The Balaban J connectivity index is 2.32. The van der Waals surface area contributed by atoms with E-state index in [9.17, 15) is 9.59 Å². The first kappa shape index (κ1) is 13.1. The summed E-state index contributed by atoms with van der Waals surface area (Å²) in [6.07, 6.45) is 0. The second kappa shape index (κ2) is 6.55. The van der Waals surface area contributed by atoms with Crippen molar-refractivity contribution in [2.45, 2.75) is 18.7 Å². The number of amides is 1. The SMILES string of the molecule is CC(=O)NC(CSCc1cccs1)C(=O)O. The molecule has 1 amide bonds. The van der Waals surface area contributed by atoms with Crippen molar-refractivity contribution in [3.63, 3.8) is 0 Å². The van der Waals surface area contributed by atoms with Crippen molar-refractivity contribution in [3.8, 4) is 0 Å². The summed E-state index contributed by atoms with van der Waals surface area (Å²) in [5.41, 5.74) is 0. The van der Waals surface area contributed by atoms with Crippen LogP contribution in [-0.4, -0.2) is 28.8 Å². The van der Waals surface area contributed by atoms with Gasteiger partial charge in [0.05, 0.1) is 0 Å². The monoisotopic (exact) mass is 259 g/mol. The lowest BCUT2D eigenvalue weighted by molar-refractivity contribution is -0.140. The minimum absolute atomic E-state index is 0.316. The maximum atomic E-state index is 10.8. The van der Waals surface area contributed by atoms with Crippen LogP contribution in [0.15, 0.2) is 17.5 Å². The van der Waals surface area contributed by atoms with Crippen molar-refractivity contribution in [3.05, 3.63) is 22.4 Å². The molecule has 1 aromatic rings. The second-order valence-corrected chi connectivity index (χ2v) is 5.25. The van der Waals surface area contributed by atoms with Gasteiger partial charge in [0.25, 0.3) is 0 Å². The van der Waals surface area contributed by atoms with Crippen LogP contribution >= 0.6 is 23.1 Å². The molecule has 0 bridgehead atoms. The largest absolute Gasteiger partial charge is 0.480 e. The van der Waals surface area contributed by atoms with E-state index >= 15 is 0 Å². The molecule has 6 heteroatoms. The molecule has 0 radical (unpaired) electrons. The van der Waals surface area contributed by atoms with Crippen LogP contribution in [0.5, 0.6) is 0 Å². The fraction of sp³-hybridized carbons (Fsp3) is 0.400. The number of carboxylic acid groups (broad SMARTS) is 1. The van der Waals surface area contributed by atoms with Gasteiger partial charge in [-0.05, 0) is 11.4 Å². The lowest BCUT2D eigenvalue weighted by Crippen LogP contribution is -2.41. The van der Waals surface area contributed by atoms with Crippen LogP contribution < -0.4 is 5.32 Å². The standard InChI is InChI=1S/C10H13NO3S2/c1-7(12)11-9(10(13)14)6-15-5-8-3-2-4-16-8/h2-4,9H,5-6H2,1H3,(H,11,12)(H,13,14). The Morgan fingerprint density at radius 2 is 2.38 bits per heavy atom. The van der Waals surface area contributed by atoms with Crippen molar-refractivity contribution < 1.29 is 14.7 Å². The van der Waals surface area contributed by atoms with Gasteiger partial charge in [-0.1, -0.05) is 6.07 Å². The second-order valence-electron chi connectivity index (χ2n) is 3.19. The average Bonchev–Trinajstić information content (AvgIpc) is 2.68. The van der Waals surface area contributed by atoms with E-state index in [1.807, 2.05) is 17.5 Å². The van der Waals surface area contributed by atoms with Gasteiger partial charge in [0.2, 0.25) is 5.91 Å². The van der Waals surface area contributed by atoms with Crippen molar-refractivity contribution in [1.29, 1.82) is 0 Å². The molecule has 1 atom stereocenters. The molecule has 0 saturated heterocycles. The number of rotatable bonds is 6. The van der Waals surface area contributed by atoms with Crippen LogP contribution in [0.1, 0.15) is 11.8 Å². The summed E-state index contributed by atoms with van der Waals surface area (Å²) in [7, 11) is 0. The van der Waals surface area contributed by atoms with Crippen LogP contribution in [0, 0.1) is 0 Å². The maximum absolute atomic E-state index is 10.8. The molecule has 1 unspecified atom stereocenters. The number of hydrogen-bond acceptors (Lipinski definition) is 4. The summed E-state index contributed by atoms with van der Waals surface area (Å²) >= 11 is 3.15. The van der Waals surface area contributed by atoms with Crippen LogP contribution in [0.2, 0.25) is 0 Å². The molecule has 16 heavy (non-hydrogen) atoms. The summed E-state index contributed by atoms with van der Waals surface area (Å²) in [6, 6.07) is 3.16. The normalized spacial score (nSPS) is 12.1. The van der Waals surface area contributed by atoms with Gasteiger partial charge in [-0.3, -0.25) is 4.79 Å². The first-order chi connectivity index (χ1) is 7.59. The fourth-order valence-electron chi connectivity index (χ4n) is 1.09. The minimum atomic E-state index is -0.992. The number of aliphatic carboxylic acids is 1. The third kappa shape index (κ3) is 4.67. The van der Waals surface area contributed by atoms with Gasteiger partial charge in [-0.2, -0.15) is 11.8 Å². The molecule has 88 valence electrons. The van der Waals surface area contributed by atoms with E-state index in [4.69, 9.17) is 5.11 Å². The molecule has 2 N–H and O–H groups in total. The van der Waals surface area contributed by atoms with Gasteiger partial charge in [0, 0.05) is 23.3 Å². The van der Waals surface area contributed by atoms with E-state index < -0.39 is 12.0 Å². The van der Waals surface area contributed by atoms with E-state index in [1.54, 1.807) is 11.3 Å². The van der Waals surface area contributed by atoms with Gasteiger partial charge in [-0.15, -0.1) is 11.3 Å². The van der Waals surface area contributed by atoms with Crippen LogP contribution in [0.25, 0.3) is 0 Å². The molecule has 0 aliphatic rings. The Morgan fingerprint density at radius 1 is 1.62 bits per heavy atom. The highest BCUT2D eigenvalue weighted by molar-refractivity contribution is 7.98. The molecular weight excluding hydrogens is 246 g/mol. The minimum Gasteiger partial charge on any atom is -0.480 e. The molecular formula is C10H13NO3S2.